The first kappa shape index (κ1) is 59.2. The molecule has 12 nitrogen and oxygen atoms in total. The van der Waals surface area contributed by atoms with E-state index in [1.165, 1.54) is 0 Å². The SMILES string of the molecule is O=[N+]([O-])[O-].O=[N+]([O-])[O-].[NH2-].[NH2-].[NH2-].[NH2-].[Zn+2]. The van der Waals surface area contributed by atoms with E-state index in [1.54, 1.807) is 0 Å². The molecule has 80 valence electrons. The third-order valence-corrected chi connectivity index (χ3v) is 0. The topological polar surface area (TPSA) is 266 Å². The molecule has 0 aliphatic heterocycles. The Bertz CT molecular complexity index is 75.1. The van der Waals surface area contributed by atoms with Crippen LogP contribution >= 0.6 is 0 Å². The minimum Gasteiger partial charge on any atom is -0.693 e. The quantitative estimate of drug-likeness (QED) is 0.354. The van der Waals surface area contributed by atoms with Gasteiger partial charge in [-0.1, -0.05) is 0 Å². The average molecular weight is 253 g/mol. The summed E-state index contributed by atoms with van der Waals surface area (Å²) in [5.41, 5.74) is 0. The van der Waals surface area contributed by atoms with Crippen molar-refractivity contribution in [3.05, 3.63) is 55.2 Å². The Hall–Kier alpha value is -1.14. The Kier molecular flexibility index (Phi) is 203. The molecule has 0 spiro atoms. The summed E-state index contributed by atoms with van der Waals surface area (Å²) in [5, 5.41) is 29.5. The van der Waals surface area contributed by atoms with Gasteiger partial charge in [-0.2, -0.15) is 0 Å². The largest absolute Gasteiger partial charge is 2.00 e. The van der Waals surface area contributed by atoms with E-state index >= 15 is 0 Å². The molecule has 0 radical (unpaired) electrons. The van der Waals surface area contributed by atoms with Gasteiger partial charge in [0.1, 0.15) is 0 Å². The zero-order valence-corrected chi connectivity index (χ0v) is 9.33. The van der Waals surface area contributed by atoms with Crippen molar-refractivity contribution >= 4 is 0 Å². The fraction of sp³-hybridized carbons (Fsp3) is 0. The number of hydrogen-bond donors (Lipinski definition) is 0. The van der Waals surface area contributed by atoms with Gasteiger partial charge in [0.15, 0.2) is 0 Å². The molecule has 0 bridgehead atoms. The summed E-state index contributed by atoms with van der Waals surface area (Å²) in [5.74, 6) is 0. The smallest absolute Gasteiger partial charge is 0.693 e. The van der Waals surface area contributed by atoms with Crippen molar-refractivity contribution < 1.29 is 29.7 Å². The minimum absolute atomic E-state index is 0. The molecular weight excluding hydrogens is 245 g/mol. The number of nitrogens with zero attached hydrogens (tertiary/aromatic N) is 2. The molecule has 13 heavy (non-hydrogen) atoms. The molecular formula is H8N6O6Zn-4. The first-order valence-corrected chi connectivity index (χ1v) is 1.10. The normalized spacial score (nSPS) is 3.69. The van der Waals surface area contributed by atoms with Gasteiger partial charge in [-0.15, -0.1) is 0 Å². The second kappa shape index (κ2) is 44.7. The Labute approximate surface area is 85.6 Å². The van der Waals surface area contributed by atoms with Crippen molar-refractivity contribution in [2.75, 3.05) is 0 Å². The maximum absolute atomic E-state index is 8.25. The van der Waals surface area contributed by atoms with E-state index < -0.39 is 10.2 Å². The number of rotatable bonds is 0. The maximum atomic E-state index is 8.25. The summed E-state index contributed by atoms with van der Waals surface area (Å²) in [6.07, 6.45) is 0. The van der Waals surface area contributed by atoms with Crippen molar-refractivity contribution in [3.63, 3.8) is 0 Å². The van der Waals surface area contributed by atoms with Crippen LogP contribution in [-0.2, 0) is 19.5 Å². The second-order valence-electron chi connectivity index (χ2n) is 0.447. The predicted octanol–water partition coefficient (Wildman–Crippen LogP) is 2.39. The zero-order chi connectivity index (χ0) is 7.15. The fourth-order valence-corrected chi connectivity index (χ4v) is 0. The molecule has 0 atom stereocenters. The minimum atomic E-state index is -1.75. The van der Waals surface area contributed by atoms with Crippen molar-refractivity contribution in [1.82, 2.24) is 0 Å². The van der Waals surface area contributed by atoms with E-state index in [4.69, 9.17) is 30.6 Å². The Morgan fingerprint density at radius 2 is 0.615 bits per heavy atom. The summed E-state index contributed by atoms with van der Waals surface area (Å²) in [6, 6.07) is 0. The monoisotopic (exact) mass is 252 g/mol. The molecule has 0 aliphatic rings. The van der Waals surface area contributed by atoms with Crippen LogP contribution in [0.15, 0.2) is 0 Å². The summed E-state index contributed by atoms with van der Waals surface area (Å²) in [7, 11) is 0. The Morgan fingerprint density at radius 1 is 0.615 bits per heavy atom. The molecule has 0 aromatic carbocycles. The van der Waals surface area contributed by atoms with Crippen LogP contribution in [0, 0.1) is 30.6 Å². The van der Waals surface area contributed by atoms with Gasteiger partial charge >= 0.3 is 19.5 Å². The first-order chi connectivity index (χ1) is 3.46. The fourth-order valence-electron chi connectivity index (χ4n) is 0. The molecule has 0 unspecified atom stereocenters. The van der Waals surface area contributed by atoms with E-state index in [-0.39, 0.29) is 44.1 Å². The molecule has 0 heterocycles. The van der Waals surface area contributed by atoms with Gasteiger partial charge < -0.3 is 55.2 Å². The standard InChI is InChI=1S/2NO3.4H2N.Zn/c2*2-1(3)4;;;;;/h;;4*1H2;/q6*-1;+2. The third kappa shape index (κ3) is 661. The third-order valence-electron chi connectivity index (χ3n) is 0. The van der Waals surface area contributed by atoms with E-state index in [0.717, 1.165) is 0 Å². The Morgan fingerprint density at radius 3 is 0.615 bits per heavy atom. The van der Waals surface area contributed by atoms with Crippen molar-refractivity contribution in [2.24, 2.45) is 0 Å². The van der Waals surface area contributed by atoms with Crippen LogP contribution in [0.2, 0.25) is 0 Å². The van der Waals surface area contributed by atoms with Crippen molar-refractivity contribution in [3.8, 4) is 0 Å². The van der Waals surface area contributed by atoms with Gasteiger partial charge in [0.25, 0.3) is 0 Å². The molecule has 0 rings (SSSR count). The predicted molar refractivity (Wildman–Crippen MR) is 41.9 cm³/mol. The van der Waals surface area contributed by atoms with Crippen LogP contribution < -0.4 is 0 Å². The van der Waals surface area contributed by atoms with E-state index in [0.29, 0.717) is 0 Å². The summed E-state index contributed by atoms with van der Waals surface area (Å²) < 4.78 is 0. The van der Waals surface area contributed by atoms with Crippen LogP contribution in [0.3, 0.4) is 0 Å². The Balaban J connectivity index is -0.00000000800. The summed E-state index contributed by atoms with van der Waals surface area (Å²) in [4.78, 5) is 16.5. The number of hydrogen-bond acceptors (Lipinski definition) is 6. The van der Waals surface area contributed by atoms with Crippen molar-refractivity contribution in [2.45, 2.75) is 0 Å². The van der Waals surface area contributed by atoms with E-state index in [9.17, 15) is 0 Å². The zero-order valence-electron chi connectivity index (χ0n) is 6.36. The van der Waals surface area contributed by atoms with Gasteiger partial charge in [-0.25, -0.2) is 0 Å². The molecule has 0 amide bonds. The molecule has 0 aromatic rings. The summed E-state index contributed by atoms with van der Waals surface area (Å²) in [6.45, 7) is 0. The summed E-state index contributed by atoms with van der Waals surface area (Å²) >= 11 is 0. The molecule has 8 N–H and O–H groups in total. The van der Waals surface area contributed by atoms with E-state index in [1.807, 2.05) is 0 Å². The van der Waals surface area contributed by atoms with Crippen LogP contribution in [0.4, 0.5) is 0 Å². The molecule has 0 saturated heterocycles. The maximum Gasteiger partial charge on any atom is 2.00 e. The molecule has 0 saturated carbocycles. The first-order valence-electron chi connectivity index (χ1n) is 1.10. The van der Waals surface area contributed by atoms with Gasteiger partial charge in [0, 0.05) is 0 Å². The van der Waals surface area contributed by atoms with Crippen LogP contribution in [0.5, 0.6) is 0 Å². The van der Waals surface area contributed by atoms with Gasteiger partial charge in [-0.05, 0) is 0 Å². The van der Waals surface area contributed by atoms with E-state index in [2.05, 4.69) is 0 Å². The molecule has 0 aromatic heterocycles. The van der Waals surface area contributed by atoms with Gasteiger partial charge in [0.2, 0.25) is 0 Å². The van der Waals surface area contributed by atoms with Crippen molar-refractivity contribution in [1.29, 1.82) is 0 Å². The molecule has 0 aliphatic carbocycles. The number of nitrogens with two attached hydrogens (primary N) is 4. The van der Waals surface area contributed by atoms with Crippen LogP contribution in [0.25, 0.3) is 24.6 Å². The van der Waals surface area contributed by atoms with Gasteiger partial charge in [-0.3, -0.25) is 0 Å². The van der Waals surface area contributed by atoms with Crippen LogP contribution in [0.1, 0.15) is 0 Å². The molecule has 13 heteroatoms. The van der Waals surface area contributed by atoms with Gasteiger partial charge in [0.05, 0.1) is 10.2 Å². The molecule has 0 fully saturated rings. The van der Waals surface area contributed by atoms with Crippen LogP contribution in [-0.4, -0.2) is 10.2 Å². The average Bonchev–Trinajstić information content (AvgIpc) is 1.25. The second-order valence-corrected chi connectivity index (χ2v) is 0.447.